The second kappa shape index (κ2) is 9.32. The van der Waals surface area contributed by atoms with Gasteiger partial charge in [0.15, 0.2) is 3.95 Å². The third kappa shape index (κ3) is 3.95. The smallest absolute Gasteiger partial charge is 0.303 e. The fourth-order valence-corrected chi connectivity index (χ4v) is 10.5. The highest BCUT2D eigenvalue weighted by Gasteiger charge is 2.69. The van der Waals surface area contributed by atoms with Gasteiger partial charge < -0.3 is 10.1 Å². The van der Waals surface area contributed by atoms with Crippen molar-refractivity contribution in [3.05, 3.63) is 48.8 Å². The molecule has 0 unspecified atom stereocenters. The largest absolute Gasteiger partial charge is 0.481 e. The minimum absolute atomic E-state index is 0.0379. The van der Waals surface area contributed by atoms with Crippen LogP contribution in [0.25, 0.3) is 0 Å². The van der Waals surface area contributed by atoms with Crippen molar-refractivity contribution in [1.82, 2.24) is 9.88 Å². The molecule has 2 bridgehead atoms. The van der Waals surface area contributed by atoms with Gasteiger partial charge in [-0.15, -0.1) is 23.1 Å². The average molecular weight is 560 g/mol. The van der Waals surface area contributed by atoms with Crippen LogP contribution in [-0.2, 0) is 14.4 Å². The number of fused-ring (bicyclic) bond motifs is 9. The number of nitrogens with zero attached hydrogens (tertiary/aromatic N) is 2. The van der Waals surface area contributed by atoms with E-state index in [2.05, 4.69) is 4.98 Å². The SMILES string of the molecule is O=C(O)CCCCCN1C(=O)[C@@H]2[C@H]3C[C@@H]([C@@H]2C1=O)[C@@H]1[C@@H](c2ccc([N+](=O)[O-])cc2)c2sc(=S)[nH]c2S[C@@H]31. The maximum absolute atomic E-state index is 13.6. The lowest BCUT2D eigenvalue weighted by Gasteiger charge is -2.43. The molecule has 4 aliphatic rings. The second-order valence-electron chi connectivity index (χ2n) is 10.3. The van der Waals surface area contributed by atoms with Crippen LogP contribution >= 0.6 is 35.3 Å². The number of aliphatic carboxylic acids is 1. The van der Waals surface area contributed by atoms with E-state index in [1.54, 1.807) is 11.8 Å². The van der Waals surface area contributed by atoms with E-state index in [9.17, 15) is 24.5 Å². The first-order valence-corrected chi connectivity index (χ1v) is 14.6. The van der Waals surface area contributed by atoms with E-state index in [1.807, 2.05) is 12.1 Å². The maximum atomic E-state index is 13.6. The summed E-state index contributed by atoms with van der Waals surface area (Å²) in [6.07, 6.45) is 2.73. The zero-order valence-corrected chi connectivity index (χ0v) is 22.2. The maximum Gasteiger partial charge on any atom is 0.303 e. The van der Waals surface area contributed by atoms with Crippen molar-refractivity contribution in [2.45, 2.75) is 48.3 Å². The number of hydrogen-bond donors (Lipinski definition) is 2. The lowest BCUT2D eigenvalue weighted by atomic mass is 9.68. The van der Waals surface area contributed by atoms with Gasteiger partial charge in [-0.1, -0.05) is 18.6 Å². The number of imide groups is 1. The molecule has 12 heteroatoms. The number of hydrogen-bond acceptors (Lipinski definition) is 8. The Morgan fingerprint density at radius 1 is 1.14 bits per heavy atom. The molecule has 0 spiro atoms. The van der Waals surface area contributed by atoms with Crippen molar-refractivity contribution in [1.29, 1.82) is 0 Å². The van der Waals surface area contributed by atoms with E-state index >= 15 is 0 Å². The van der Waals surface area contributed by atoms with E-state index in [4.69, 9.17) is 17.3 Å². The molecule has 3 fully saturated rings. The van der Waals surface area contributed by atoms with Gasteiger partial charge in [-0.25, -0.2) is 0 Å². The fourth-order valence-electron chi connectivity index (χ4n) is 7.20. The number of carbonyl (C=O) groups is 3. The van der Waals surface area contributed by atoms with Crippen molar-refractivity contribution in [2.24, 2.45) is 29.6 Å². The van der Waals surface area contributed by atoms with Crippen LogP contribution in [0.5, 0.6) is 0 Å². The highest BCUT2D eigenvalue weighted by Crippen LogP contribution is 2.68. The number of nitro benzene ring substituents is 1. The summed E-state index contributed by atoms with van der Waals surface area (Å²) in [5.41, 5.74) is 1.01. The Morgan fingerprint density at radius 3 is 2.51 bits per heavy atom. The molecule has 2 aromatic rings. The zero-order chi connectivity index (χ0) is 26.0. The second-order valence-corrected chi connectivity index (χ2v) is 13.2. The van der Waals surface area contributed by atoms with Crippen LogP contribution in [0.3, 0.4) is 0 Å². The topological polar surface area (TPSA) is 134 Å². The van der Waals surface area contributed by atoms with Gasteiger partial charge in [-0.3, -0.25) is 29.4 Å². The van der Waals surface area contributed by atoms with Crippen LogP contribution in [0, 0.1) is 43.7 Å². The molecule has 9 nitrogen and oxygen atoms in total. The number of non-ortho nitro benzene ring substituents is 1. The number of nitrogens with one attached hydrogen (secondary N) is 1. The summed E-state index contributed by atoms with van der Waals surface area (Å²) in [7, 11) is 0. The number of carboxylic acid groups (broad SMARTS) is 1. The molecule has 194 valence electrons. The van der Waals surface area contributed by atoms with Crippen LogP contribution in [-0.4, -0.2) is 49.5 Å². The quantitative estimate of drug-likeness (QED) is 0.154. The van der Waals surface area contributed by atoms with Crippen molar-refractivity contribution in [3.63, 3.8) is 0 Å². The Labute approximate surface area is 225 Å². The molecule has 1 aromatic carbocycles. The van der Waals surface area contributed by atoms with Gasteiger partial charge in [0.05, 0.1) is 21.8 Å². The third-order valence-corrected chi connectivity index (χ3v) is 11.5. The first-order valence-electron chi connectivity index (χ1n) is 12.5. The van der Waals surface area contributed by atoms with E-state index in [-0.39, 0.29) is 64.7 Å². The number of aromatic nitrogens is 1. The number of carbonyl (C=O) groups excluding carboxylic acids is 2. The minimum atomic E-state index is -0.837. The number of likely N-dealkylation sites (tertiary alicyclic amines) is 1. The molecule has 2 N–H and O–H groups in total. The van der Waals surface area contributed by atoms with Gasteiger partial charge in [0, 0.05) is 41.1 Å². The number of amides is 2. The number of carboxylic acids is 1. The van der Waals surface area contributed by atoms with Crippen LogP contribution in [0.1, 0.15) is 48.5 Å². The van der Waals surface area contributed by atoms with E-state index in [0.717, 1.165) is 21.9 Å². The summed E-state index contributed by atoms with van der Waals surface area (Å²) in [4.78, 5) is 54.4. The molecular weight excluding hydrogens is 534 g/mol. The molecule has 2 saturated carbocycles. The molecule has 37 heavy (non-hydrogen) atoms. The van der Waals surface area contributed by atoms with Crippen molar-refractivity contribution in [3.8, 4) is 0 Å². The Morgan fingerprint density at radius 2 is 1.84 bits per heavy atom. The highest BCUT2D eigenvalue weighted by molar-refractivity contribution is 8.00. The van der Waals surface area contributed by atoms with Crippen LogP contribution in [0.4, 0.5) is 5.69 Å². The summed E-state index contributed by atoms with van der Waals surface area (Å²) in [5, 5.41) is 21.2. The van der Waals surface area contributed by atoms with Gasteiger partial charge in [-0.2, -0.15) is 0 Å². The summed E-state index contributed by atoms with van der Waals surface area (Å²) >= 11 is 8.73. The van der Waals surface area contributed by atoms with Crippen LogP contribution in [0.15, 0.2) is 29.3 Å². The monoisotopic (exact) mass is 559 g/mol. The Bertz CT molecular complexity index is 1350. The third-order valence-electron chi connectivity index (χ3n) is 8.55. The molecule has 3 heterocycles. The van der Waals surface area contributed by atoms with Crippen LogP contribution < -0.4 is 0 Å². The normalized spacial score (nSPS) is 31.4. The molecule has 1 saturated heterocycles. The first-order chi connectivity index (χ1) is 17.8. The summed E-state index contributed by atoms with van der Waals surface area (Å²) < 4.78 is 0.679. The summed E-state index contributed by atoms with van der Waals surface area (Å²) in [6.45, 7) is 0.346. The van der Waals surface area contributed by atoms with Gasteiger partial charge >= 0.3 is 5.97 Å². The molecule has 2 aliphatic carbocycles. The molecule has 7 atom stereocenters. The number of unbranched alkanes of at least 4 members (excludes halogenated alkanes) is 2. The molecular formula is C25H25N3O6S3. The number of nitro groups is 1. The van der Waals surface area contributed by atoms with Gasteiger partial charge in [-0.05, 0) is 54.8 Å². The van der Waals surface area contributed by atoms with Gasteiger partial charge in [0.2, 0.25) is 11.8 Å². The molecule has 1 aromatic heterocycles. The number of H-pyrrole nitrogens is 1. The van der Waals surface area contributed by atoms with E-state index < -0.39 is 10.9 Å². The van der Waals surface area contributed by atoms with Crippen LogP contribution in [0.2, 0.25) is 0 Å². The zero-order valence-electron chi connectivity index (χ0n) is 19.7. The predicted octanol–water partition coefficient (Wildman–Crippen LogP) is 4.83. The number of thioether (sulfide) groups is 1. The van der Waals surface area contributed by atoms with E-state index in [1.165, 1.54) is 28.4 Å². The lowest BCUT2D eigenvalue weighted by molar-refractivity contribution is -0.384. The molecule has 2 amide bonds. The average Bonchev–Trinajstić information content (AvgIpc) is 3.58. The van der Waals surface area contributed by atoms with Gasteiger partial charge in [0.1, 0.15) is 0 Å². The Kier molecular flexibility index (Phi) is 6.23. The fraction of sp³-hybridized carbons (Fsp3) is 0.520. The number of aromatic amines is 1. The highest BCUT2D eigenvalue weighted by atomic mass is 32.2. The first kappa shape index (κ1) is 24.7. The molecule has 0 radical (unpaired) electrons. The Balaban J connectivity index is 1.29. The van der Waals surface area contributed by atoms with Crippen molar-refractivity contribution < 1.29 is 24.4 Å². The summed E-state index contributed by atoms with van der Waals surface area (Å²) in [5.74, 6) is -1.37. The molecule has 2 aliphatic heterocycles. The molecule has 6 rings (SSSR count). The lowest BCUT2D eigenvalue weighted by Crippen LogP contribution is -2.42. The Hall–Kier alpha value is -2.57. The standard InChI is InChI=1S/C25H25N3O6S3/c29-15(30)4-2-1-3-9-27-23(31)18-13-10-14(19(18)24(27)32)20-17(13)16(21-22(36-20)26-25(35)37-21)11-5-7-12(8-6-11)28(33)34/h5-8,13-14,16-20H,1-4,9-10H2,(H,26,35)(H,29,30)/t13-,14-,16-,17-,18+,19-,20+/m1/s1. The van der Waals surface area contributed by atoms with Crippen molar-refractivity contribution >= 4 is 58.8 Å². The summed E-state index contributed by atoms with van der Waals surface area (Å²) in [6, 6.07) is 6.70. The van der Waals surface area contributed by atoms with E-state index in [0.29, 0.717) is 29.8 Å². The van der Waals surface area contributed by atoms with Crippen molar-refractivity contribution in [2.75, 3.05) is 6.54 Å². The van der Waals surface area contributed by atoms with Gasteiger partial charge in [0.25, 0.3) is 5.69 Å². The number of benzene rings is 1. The minimum Gasteiger partial charge on any atom is -0.481 e. The predicted molar refractivity (Wildman–Crippen MR) is 139 cm³/mol. The number of thiazole rings is 1. The number of rotatable bonds is 8.